The number of aryl methyl sites for hydroxylation is 1. The van der Waals surface area contributed by atoms with E-state index in [1.54, 1.807) is 12.1 Å². The van der Waals surface area contributed by atoms with Crippen molar-refractivity contribution in [2.75, 3.05) is 26.2 Å². The van der Waals surface area contributed by atoms with Gasteiger partial charge < -0.3 is 20.1 Å². The topological polar surface area (TPSA) is 163 Å². The van der Waals surface area contributed by atoms with E-state index >= 15 is 0 Å². The van der Waals surface area contributed by atoms with Crippen molar-refractivity contribution in [2.45, 2.75) is 141 Å². The van der Waals surface area contributed by atoms with E-state index in [-0.39, 0.29) is 24.5 Å². The van der Waals surface area contributed by atoms with E-state index in [9.17, 15) is 27.6 Å². The zero-order chi connectivity index (χ0) is 38.1. The Labute approximate surface area is 308 Å². The highest BCUT2D eigenvalue weighted by atomic mass is 32.2. The number of amides is 2. The highest BCUT2D eigenvalue weighted by molar-refractivity contribution is 7.89. The molecule has 2 aromatic rings. The molecule has 2 amide bonds. The van der Waals surface area contributed by atoms with Crippen LogP contribution in [0.2, 0.25) is 0 Å². The Morgan fingerprint density at radius 2 is 1.40 bits per heavy atom. The molecule has 1 aromatic heterocycles. The van der Waals surface area contributed by atoms with Crippen LogP contribution < -0.4 is 22.0 Å². The molecular weight excluding hydrogens is 689 g/mol. The van der Waals surface area contributed by atoms with Crippen LogP contribution in [0.4, 0.5) is 9.59 Å². The Bertz CT molecular complexity index is 1690. The first-order valence-corrected chi connectivity index (χ1v) is 20.2. The monoisotopic (exact) mass is 746 g/mol. The van der Waals surface area contributed by atoms with Crippen molar-refractivity contribution in [1.82, 2.24) is 28.9 Å². The molecule has 0 aliphatic carbocycles. The zero-order valence-corrected chi connectivity index (χ0v) is 32.1. The molecule has 1 aliphatic rings. The van der Waals surface area contributed by atoms with Crippen LogP contribution in [0.3, 0.4) is 0 Å². The van der Waals surface area contributed by atoms with Gasteiger partial charge >= 0.3 is 23.6 Å². The summed E-state index contributed by atoms with van der Waals surface area (Å²) in [7, 11) is -4.25. The van der Waals surface area contributed by atoms with Gasteiger partial charge in [0.15, 0.2) is 12.2 Å². The van der Waals surface area contributed by atoms with Crippen molar-refractivity contribution < 1.29 is 27.5 Å². The van der Waals surface area contributed by atoms with E-state index in [0.717, 1.165) is 88.0 Å². The molecule has 1 aliphatic heterocycles. The number of rotatable bonds is 22. The van der Waals surface area contributed by atoms with Crippen molar-refractivity contribution in [1.29, 1.82) is 0 Å². The van der Waals surface area contributed by atoms with Gasteiger partial charge in [0.05, 0.1) is 18.0 Å². The number of hydrogen-bond donors (Lipinski definition) is 2. The first-order valence-electron chi connectivity index (χ1n) is 18.8. The van der Waals surface area contributed by atoms with Crippen LogP contribution in [-0.4, -0.2) is 77.2 Å². The van der Waals surface area contributed by atoms with Crippen molar-refractivity contribution in [3.05, 3.63) is 50.8 Å². The number of ether oxygens (including phenoxy) is 2. The predicted octanol–water partition coefficient (Wildman–Crippen LogP) is 4.93. The number of carbonyl (C=O) groups excluding carboxylic acids is 2. The Morgan fingerprint density at radius 1 is 0.846 bits per heavy atom. The van der Waals surface area contributed by atoms with E-state index in [1.165, 1.54) is 12.1 Å². The van der Waals surface area contributed by atoms with Crippen molar-refractivity contribution in [2.24, 2.45) is 0 Å². The Morgan fingerprint density at radius 3 is 1.96 bits per heavy atom. The lowest BCUT2D eigenvalue weighted by atomic mass is 10.0. The minimum Gasteiger partial charge on any atom is -0.440 e. The number of nitrogens with one attached hydrogen (secondary N) is 2. The number of aromatic nitrogens is 3. The molecule has 0 unspecified atom stereocenters. The van der Waals surface area contributed by atoms with Crippen molar-refractivity contribution in [3.63, 3.8) is 0 Å². The van der Waals surface area contributed by atoms with Gasteiger partial charge in [-0.2, -0.15) is 4.31 Å². The fourth-order valence-electron chi connectivity index (χ4n) is 6.26. The number of unbranched alkanes of at least 4 members (excludes halogenated alkanes) is 9. The molecule has 2 heterocycles. The lowest BCUT2D eigenvalue weighted by Gasteiger charge is -2.39. The fraction of sp³-hybridized carbons (Fsp3) is 0.676. The first-order chi connectivity index (χ1) is 25.0. The maximum Gasteiger partial charge on any atom is 0.407 e. The van der Waals surface area contributed by atoms with Gasteiger partial charge in [0.2, 0.25) is 10.0 Å². The summed E-state index contributed by atoms with van der Waals surface area (Å²) in [6.07, 6.45) is 12.0. The quantitative estimate of drug-likeness (QED) is 0.127. The summed E-state index contributed by atoms with van der Waals surface area (Å²) in [5, 5.41) is 5.46. The molecule has 52 heavy (non-hydrogen) atoms. The van der Waals surface area contributed by atoms with Crippen LogP contribution >= 0.6 is 0 Å². The fourth-order valence-corrected chi connectivity index (χ4v) is 7.63. The third-order valence-corrected chi connectivity index (χ3v) is 11.0. The zero-order valence-electron chi connectivity index (χ0n) is 31.3. The average Bonchev–Trinajstić information content (AvgIpc) is 3.35. The van der Waals surface area contributed by atoms with E-state index < -0.39 is 58.4 Å². The second-order valence-corrected chi connectivity index (χ2v) is 15.3. The summed E-state index contributed by atoms with van der Waals surface area (Å²) in [6.45, 7) is 7.70. The van der Waals surface area contributed by atoms with Crippen LogP contribution in [0.25, 0.3) is 0 Å². The van der Waals surface area contributed by atoms with Gasteiger partial charge in [-0.15, -0.1) is 6.42 Å². The molecule has 0 saturated carbocycles. The first kappa shape index (κ1) is 42.4. The summed E-state index contributed by atoms with van der Waals surface area (Å²) >= 11 is 0. The Kier molecular flexibility index (Phi) is 17.5. The van der Waals surface area contributed by atoms with Gasteiger partial charge in [0.25, 0.3) is 0 Å². The highest BCUT2D eigenvalue weighted by Gasteiger charge is 2.46. The SMILES string of the molecule is C#CCN(C[C@@H]1[C@@H](OC(=O)NCCCCCC)[C@@H](OC(=O)NCCCCCC)Cn2c(=O)n(CCCCCC)c(=O)n21)S(=O)(=O)c1ccc(C)cc1. The predicted molar refractivity (Wildman–Crippen MR) is 200 cm³/mol. The second-order valence-electron chi connectivity index (χ2n) is 13.4. The largest absolute Gasteiger partial charge is 0.440 e. The van der Waals surface area contributed by atoms with Gasteiger partial charge in [-0.25, -0.2) is 41.5 Å². The van der Waals surface area contributed by atoms with E-state index in [0.29, 0.717) is 25.9 Å². The van der Waals surface area contributed by atoms with Gasteiger partial charge in [-0.1, -0.05) is 102 Å². The molecule has 0 radical (unpaired) electrons. The molecule has 0 fully saturated rings. The number of hydrogen-bond acceptors (Lipinski definition) is 8. The van der Waals surface area contributed by atoms with Crippen molar-refractivity contribution in [3.8, 4) is 12.3 Å². The van der Waals surface area contributed by atoms with Gasteiger partial charge in [-0.3, -0.25) is 0 Å². The number of nitrogens with zero attached hydrogens (tertiary/aromatic N) is 4. The molecular formula is C37H58N6O8S. The van der Waals surface area contributed by atoms with Crippen LogP contribution in [0.15, 0.2) is 38.8 Å². The molecule has 2 N–H and O–H groups in total. The van der Waals surface area contributed by atoms with E-state index in [2.05, 4.69) is 37.3 Å². The number of alkyl carbamates (subject to hydrolysis) is 2. The Hall–Kier alpha value is -4.03. The molecule has 1 aromatic carbocycles. The highest BCUT2D eigenvalue weighted by Crippen LogP contribution is 2.28. The maximum atomic E-state index is 14.1. The van der Waals surface area contributed by atoms with Gasteiger partial charge in [0, 0.05) is 26.2 Å². The van der Waals surface area contributed by atoms with Gasteiger partial charge in [0.1, 0.15) is 6.04 Å². The number of carbonyl (C=O) groups is 2. The normalized spacial score (nSPS) is 17.0. The lowest BCUT2D eigenvalue weighted by Crippen LogP contribution is -2.57. The van der Waals surface area contributed by atoms with Crippen LogP contribution in [0.1, 0.15) is 109 Å². The van der Waals surface area contributed by atoms with Crippen LogP contribution in [-0.2, 0) is 32.6 Å². The minimum atomic E-state index is -4.25. The number of fused-ring (bicyclic) bond motifs is 1. The number of terminal acetylenes is 1. The molecule has 0 bridgehead atoms. The molecule has 15 heteroatoms. The molecule has 14 nitrogen and oxygen atoms in total. The third-order valence-electron chi connectivity index (χ3n) is 9.20. The second kappa shape index (κ2) is 21.5. The molecule has 0 spiro atoms. The molecule has 290 valence electrons. The smallest absolute Gasteiger partial charge is 0.407 e. The lowest BCUT2D eigenvalue weighted by molar-refractivity contribution is -0.0713. The summed E-state index contributed by atoms with van der Waals surface area (Å²) in [5.41, 5.74) is -0.473. The molecule has 0 saturated heterocycles. The summed E-state index contributed by atoms with van der Waals surface area (Å²) in [6, 6.07) is 4.93. The van der Waals surface area contributed by atoms with Crippen LogP contribution in [0.5, 0.6) is 0 Å². The minimum absolute atomic E-state index is 0.0278. The number of sulfonamides is 1. The summed E-state index contributed by atoms with van der Waals surface area (Å²) in [4.78, 5) is 54.3. The van der Waals surface area contributed by atoms with Crippen LogP contribution in [0, 0.1) is 19.3 Å². The van der Waals surface area contributed by atoms with Crippen molar-refractivity contribution >= 4 is 22.2 Å². The van der Waals surface area contributed by atoms with E-state index in [1.807, 2.05) is 6.92 Å². The standard InChI is InChI=1S/C37H58N6O8S/c1-6-10-13-16-23-38-34(44)50-32-28-42-36(46)41(26-18-15-12-8-3)37(47)43(42)31(33(32)51-35(45)39-24-17-14-11-7-2)27-40(25-9-4)52(48,49)30-21-19-29(5)20-22-30/h4,19-22,31-33H,6-8,10-18,23-28H2,1-3,5H3,(H,38,44)(H,39,45)/t31-,32+,33-/m1/s1. The average molecular weight is 747 g/mol. The maximum absolute atomic E-state index is 14.1. The Balaban J connectivity index is 2.10. The molecule has 3 rings (SSSR count). The summed E-state index contributed by atoms with van der Waals surface area (Å²) in [5.74, 6) is 2.39. The number of benzene rings is 1. The van der Waals surface area contributed by atoms with Gasteiger partial charge in [-0.05, 0) is 38.3 Å². The summed E-state index contributed by atoms with van der Waals surface area (Å²) < 4.78 is 44.3. The van der Waals surface area contributed by atoms with E-state index in [4.69, 9.17) is 15.9 Å². The third kappa shape index (κ3) is 11.7. The molecule has 3 atom stereocenters.